The average molecular weight is 332 g/mol. The highest BCUT2D eigenvalue weighted by atomic mass is 19.4. The highest BCUT2D eigenvalue weighted by Crippen LogP contribution is 2.34. The molecule has 0 saturated carbocycles. The van der Waals surface area contributed by atoms with E-state index in [-0.39, 0.29) is 22.6 Å². The topological polar surface area (TPSA) is 62.2 Å². The summed E-state index contributed by atoms with van der Waals surface area (Å²) in [6.07, 6.45) is -4.52. The Balaban J connectivity index is 2.08. The standard InChI is InChI=1S/C17H11F3N2O2/c18-17(19,20)12-6-3-4-10-8-9-14(22-15(10)12)21-13-7-2-1-5-11(13)16(23)24/h1-9H,(H,21,22)(H,23,24). The average Bonchev–Trinajstić information content (AvgIpc) is 2.53. The number of aromatic carboxylic acids is 1. The van der Waals surface area contributed by atoms with Crippen LogP contribution < -0.4 is 5.32 Å². The molecular formula is C17H11F3N2O2. The van der Waals surface area contributed by atoms with Crippen LogP contribution in [0.4, 0.5) is 24.7 Å². The molecule has 0 bridgehead atoms. The Morgan fingerprint density at radius 1 is 1.00 bits per heavy atom. The van der Waals surface area contributed by atoms with E-state index in [1.54, 1.807) is 12.1 Å². The van der Waals surface area contributed by atoms with E-state index in [1.165, 1.54) is 36.4 Å². The van der Waals surface area contributed by atoms with Gasteiger partial charge in [-0.1, -0.05) is 24.3 Å². The number of rotatable bonds is 3. The summed E-state index contributed by atoms with van der Waals surface area (Å²) in [5.74, 6) is -1.01. The minimum Gasteiger partial charge on any atom is -0.478 e. The summed E-state index contributed by atoms with van der Waals surface area (Å²) < 4.78 is 39.3. The third kappa shape index (κ3) is 3.01. The fourth-order valence-corrected chi connectivity index (χ4v) is 2.36. The number of carbonyl (C=O) groups is 1. The molecule has 24 heavy (non-hydrogen) atoms. The number of aromatic nitrogens is 1. The molecule has 3 aromatic rings. The Morgan fingerprint density at radius 2 is 1.75 bits per heavy atom. The van der Waals surface area contributed by atoms with Crippen LogP contribution in [0, 0.1) is 0 Å². The van der Waals surface area contributed by atoms with Gasteiger partial charge < -0.3 is 10.4 Å². The number of carboxylic acids is 1. The fraction of sp³-hybridized carbons (Fsp3) is 0.0588. The van der Waals surface area contributed by atoms with Crippen LogP contribution in [0.3, 0.4) is 0 Å². The van der Waals surface area contributed by atoms with Crippen LogP contribution in [0.2, 0.25) is 0 Å². The molecule has 0 aliphatic carbocycles. The number of hydrogen-bond acceptors (Lipinski definition) is 3. The lowest BCUT2D eigenvalue weighted by atomic mass is 10.1. The summed E-state index contributed by atoms with van der Waals surface area (Å²) in [4.78, 5) is 15.2. The molecule has 0 aliphatic heterocycles. The maximum Gasteiger partial charge on any atom is 0.418 e. The van der Waals surface area contributed by atoms with E-state index in [1.807, 2.05) is 0 Å². The van der Waals surface area contributed by atoms with E-state index in [4.69, 9.17) is 5.11 Å². The van der Waals surface area contributed by atoms with Crippen molar-refractivity contribution in [2.45, 2.75) is 6.18 Å². The molecule has 0 aliphatic rings. The van der Waals surface area contributed by atoms with Crippen LogP contribution in [0.1, 0.15) is 15.9 Å². The zero-order valence-electron chi connectivity index (χ0n) is 12.1. The quantitative estimate of drug-likeness (QED) is 0.730. The van der Waals surface area contributed by atoms with Crippen molar-refractivity contribution in [2.75, 3.05) is 5.32 Å². The van der Waals surface area contributed by atoms with Gasteiger partial charge in [0.25, 0.3) is 0 Å². The van der Waals surface area contributed by atoms with Crippen molar-refractivity contribution >= 4 is 28.4 Å². The lowest BCUT2D eigenvalue weighted by Gasteiger charge is -2.12. The Kier molecular flexibility index (Phi) is 3.84. The first-order chi connectivity index (χ1) is 11.4. The molecule has 7 heteroatoms. The minimum atomic E-state index is -4.52. The lowest BCUT2D eigenvalue weighted by Crippen LogP contribution is -2.07. The van der Waals surface area contributed by atoms with Crippen LogP contribution >= 0.6 is 0 Å². The molecule has 2 N–H and O–H groups in total. The second-order valence-corrected chi connectivity index (χ2v) is 5.05. The van der Waals surface area contributed by atoms with E-state index >= 15 is 0 Å². The molecular weight excluding hydrogens is 321 g/mol. The number of hydrogen-bond donors (Lipinski definition) is 2. The van der Waals surface area contributed by atoms with Crippen LogP contribution in [0.5, 0.6) is 0 Å². The predicted octanol–water partition coefficient (Wildman–Crippen LogP) is 4.70. The number of carboxylic acid groups (broad SMARTS) is 1. The first kappa shape index (κ1) is 15.8. The van der Waals surface area contributed by atoms with E-state index in [0.717, 1.165) is 6.07 Å². The minimum absolute atomic E-state index is 0.00324. The summed E-state index contributed by atoms with van der Waals surface area (Å²) in [5, 5.41) is 12.3. The van der Waals surface area contributed by atoms with Crippen molar-refractivity contribution in [3.05, 3.63) is 65.7 Å². The fourth-order valence-electron chi connectivity index (χ4n) is 2.36. The number of nitrogens with one attached hydrogen (secondary N) is 1. The largest absolute Gasteiger partial charge is 0.478 e. The summed E-state index contributed by atoms with van der Waals surface area (Å²) >= 11 is 0. The van der Waals surface area contributed by atoms with Gasteiger partial charge in [-0.3, -0.25) is 0 Å². The molecule has 0 atom stereocenters. The number of para-hydroxylation sites is 2. The molecule has 122 valence electrons. The van der Waals surface area contributed by atoms with E-state index in [0.29, 0.717) is 5.39 Å². The van der Waals surface area contributed by atoms with Crippen LogP contribution in [-0.4, -0.2) is 16.1 Å². The Bertz CT molecular complexity index is 923. The summed E-state index contributed by atoms with van der Waals surface area (Å²) in [6.45, 7) is 0. The number of alkyl halides is 3. The molecule has 3 rings (SSSR count). The summed E-state index contributed by atoms with van der Waals surface area (Å²) in [7, 11) is 0. The molecule has 1 aromatic heterocycles. The second-order valence-electron chi connectivity index (χ2n) is 5.05. The van der Waals surface area contributed by atoms with Gasteiger partial charge in [0.2, 0.25) is 0 Å². The van der Waals surface area contributed by atoms with Crippen molar-refractivity contribution in [1.29, 1.82) is 0 Å². The predicted molar refractivity (Wildman–Crippen MR) is 83.4 cm³/mol. The van der Waals surface area contributed by atoms with E-state index in [9.17, 15) is 18.0 Å². The van der Waals surface area contributed by atoms with Gasteiger partial charge in [-0.15, -0.1) is 0 Å². The lowest BCUT2D eigenvalue weighted by molar-refractivity contribution is -0.136. The summed E-state index contributed by atoms with van der Waals surface area (Å²) in [5.41, 5.74) is -0.775. The number of anilines is 2. The van der Waals surface area contributed by atoms with Gasteiger partial charge in [-0.25, -0.2) is 9.78 Å². The maximum absolute atomic E-state index is 13.1. The zero-order chi connectivity index (χ0) is 17.3. The van der Waals surface area contributed by atoms with Crippen molar-refractivity contribution < 1.29 is 23.1 Å². The van der Waals surface area contributed by atoms with Gasteiger partial charge >= 0.3 is 12.1 Å². The second kappa shape index (κ2) is 5.84. The van der Waals surface area contributed by atoms with Gasteiger partial charge in [-0.2, -0.15) is 13.2 Å². The Labute approximate surface area is 134 Å². The highest BCUT2D eigenvalue weighted by molar-refractivity contribution is 5.95. The molecule has 2 aromatic carbocycles. The van der Waals surface area contributed by atoms with Crippen molar-refractivity contribution in [3.8, 4) is 0 Å². The molecule has 0 radical (unpaired) electrons. The van der Waals surface area contributed by atoms with Crippen molar-refractivity contribution in [2.24, 2.45) is 0 Å². The monoisotopic (exact) mass is 332 g/mol. The van der Waals surface area contributed by atoms with Crippen LogP contribution in [-0.2, 0) is 6.18 Å². The third-order valence-corrected chi connectivity index (χ3v) is 3.45. The number of benzene rings is 2. The first-order valence-electron chi connectivity index (χ1n) is 6.92. The molecule has 0 spiro atoms. The van der Waals surface area contributed by atoms with E-state index < -0.39 is 17.7 Å². The van der Waals surface area contributed by atoms with E-state index in [2.05, 4.69) is 10.3 Å². The van der Waals surface area contributed by atoms with Gasteiger partial charge in [0, 0.05) is 5.39 Å². The molecule has 0 amide bonds. The van der Waals surface area contributed by atoms with Gasteiger partial charge in [-0.05, 0) is 30.3 Å². The third-order valence-electron chi connectivity index (χ3n) is 3.45. The van der Waals surface area contributed by atoms with Crippen LogP contribution in [0.25, 0.3) is 10.9 Å². The van der Waals surface area contributed by atoms with Gasteiger partial charge in [0.1, 0.15) is 5.82 Å². The van der Waals surface area contributed by atoms with Crippen LogP contribution in [0.15, 0.2) is 54.6 Å². The normalized spacial score (nSPS) is 11.5. The van der Waals surface area contributed by atoms with Crippen molar-refractivity contribution in [1.82, 2.24) is 4.98 Å². The first-order valence-corrected chi connectivity index (χ1v) is 6.92. The number of halogens is 3. The molecule has 4 nitrogen and oxygen atoms in total. The zero-order valence-corrected chi connectivity index (χ0v) is 12.1. The maximum atomic E-state index is 13.1. The van der Waals surface area contributed by atoms with Crippen molar-refractivity contribution in [3.63, 3.8) is 0 Å². The summed E-state index contributed by atoms with van der Waals surface area (Å²) in [6, 6.07) is 12.9. The smallest absolute Gasteiger partial charge is 0.418 e. The molecule has 0 saturated heterocycles. The molecule has 1 heterocycles. The van der Waals surface area contributed by atoms with Gasteiger partial charge in [0.05, 0.1) is 22.3 Å². The number of nitrogens with zero attached hydrogens (tertiary/aromatic N) is 1. The highest BCUT2D eigenvalue weighted by Gasteiger charge is 2.33. The Hall–Kier alpha value is -3.09. The number of fused-ring (bicyclic) bond motifs is 1. The number of pyridine rings is 1. The Morgan fingerprint density at radius 3 is 2.46 bits per heavy atom. The SMILES string of the molecule is O=C(O)c1ccccc1Nc1ccc2cccc(C(F)(F)F)c2n1. The van der Waals surface area contributed by atoms with Gasteiger partial charge in [0.15, 0.2) is 0 Å². The molecule has 0 unspecified atom stereocenters. The molecule has 0 fully saturated rings.